The van der Waals surface area contributed by atoms with E-state index in [1.54, 1.807) is 19.8 Å². The van der Waals surface area contributed by atoms with Gasteiger partial charge in [0.25, 0.3) is 0 Å². The molecule has 0 aromatic carbocycles. The first-order chi connectivity index (χ1) is 19.3. The maximum atomic E-state index is 7.45. The lowest BCUT2D eigenvalue weighted by molar-refractivity contribution is -0.142. The standard InChI is InChI=1S/C32H60N2O5Si3/c1-30-18-16-24(33-35-3)20-23(30)14-15-25-26-17-19-32(39-42(11,12)13,28(34-36-4)22-37-40(5,6)7)31(26,2)21-27(29(25)30)38-41(8,9)10/h20,25-27,29H,14-19,21-22H2,1-13H3/t25?,26?,27-,29?,30-,31-,32-/m0/s1. The van der Waals surface area contributed by atoms with Gasteiger partial charge < -0.3 is 23.0 Å². The second kappa shape index (κ2) is 11.9. The van der Waals surface area contributed by atoms with Crippen LogP contribution in [-0.2, 0) is 23.0 Å². The highest BCUT2D eigenvalue weighted by atomic mass is 28.4. The Hall–Kier alpha value is -0.789. The van der Waals surface area contributed by atoms with Gasteiger partial charge in [0.05, 0.1) is 12.3 Å². The molecule has 4 rings (SSSR count). The molecule has 3 unspecified atom stereocenters. The van der Waals surface area contributed by atoms with E-state index >= 15 is 0 Å². The Balaban J connectivity index is 1.85. The molecule has 0 aromatic rings. The summed E-state index contributed by atoms with van der Waals surface area (Å²) < 4.78 is 21.3. The highest BCUT2D eigenvalue weighted by molar-refractivity contribution is 6.70. The smallest absolute Gasteiger partial charge is 0.185 e. The van der Waals surface area contributed by atoms with E-state index < -0.39 is 30.6 Å². The van der Waals surface area contributed by atoms with E-state index in [1.165, 1.54) is 6.42 Å². The van der Waals surface area contributed by atoms with Crippen molar-refractivity contribution in [2.24, 2.45) is 38.9 Å². The van der Waals surface area contributed by atoms with Gasteiger partial charge in [-0.15, -0.1) is 0 Å². The van der Waals surface area contributed by atoms with Crippen molar-refractivity contribution in [1.82, 2.24) is 0 Å². The molecule has 7 nitrogen and oxygen atoms in total. The maximum Gasteiger partial charge on any atom is 0.185 e. The van der Waals surface area contributed by atoms with Crippen molar-refractivity contribution in [1.29, 1.82) is 0 Å². The molecule has 0 aromatic heterocycles. The van der Waals surface area contributed by atoms with E-state index in [2.05, 4.69) is 84.0 Å². The first-order valence-corrected chi connectivity index (χ1v) is 26.4. The number of hydrogen-bond donors (Lipinski definition) is 0. The second-order valence-corrected chi connectivity index (χ2v) is 30.2. The van der Waals surface area contributed by atoms with Crippen LogP contribution in [0.25, 0.3) is 0 Å². The van der Waals surface area contributed by atoms with Crippen molar-refractivity contribution in [2.75, 3.05) is 20.8 Å². The van der Waals surface area contributed by atoms with Crippen LogP contribution in [0.5, 0.6) is 0 Å². The third kappa shape index (κ3) is 6.59. The van der Waals surface area contributed by atoms with Gasteiger partial charge in [0.2, 0.25) is 0 Å². The van der Waals surface area contributed by atoms with Gasteiger partial charge in [0.15, 0.2) is 25.0 Å². The van der Waals surface area contributed by atoms with Gasteiger partial charge in [0, 0.05) is 11.5 Å². The number of allylic oxidation sites excluding steroid dienone is 2. The predicted molar refractivity (Wildman–Crippen MR) is 181 cm³/mol. The molecule has 4 aliphatic rings. The lowest BCUT2D eigenvalue weighted by atomic mass is 9.45. The first-order valence-electron chi connectivity index (χ1n) is 16.2. The Kier molecular flexibility index (Phi) is 9.62. The molecule has 240 valence electrons. The SMILES string of the molecule is CON=C1C=C2CCC3C([C@@H](O[Si](C)(C)C)C[C@@]4(C)C3CC[C@]4(O[Si](C)(C)C)C(CO[Si](C)(C)C)=NOC)[C@@]2(C)CC1. The molecule has 0 amide bonds. The fourth-order valence-electron chi connectivity index (χ4n) is 9.24. The van der Waals surface area contributed by atoms with Crippen LogP contribution in [-0.4, -0.2) is 68.9 Å². The van der Waals surface area contributed by atoms with E-state index in [0.29, 0.717) is 24.4 Å². The van der Waals surface area contributed by atoms with Gasteiger partial charge >= 0.3 is 0 Å². The van der Waals surface area contributed by atoms with Crippen molar-refractivity contribution in [3.05, 3.63) is 11.6 Å². The summed E-state index contributed by atoms with van der Waals surface area (Å²) in [6, 6.07) is 0. The van der Waals surface area contributed by atoms with E-state index in [0.717, 1.165) is 49.9 Å². The summed E-state index contributed by atoms with van der Waals surface area (Å²) in [6.07, 6.45) is 9.97. The van der Waals surface area contributed by atoms with Crippen molar-refractivity contribution < 1.29 is 23.0 Å². The molecular weight excluding hydrogens is 577 g/mol. The molecule has 0 saturated heterocycles. The lowest BCUT2D eigenvalue weighted by Gasteiger charge is -2.63. The minimum absolute atomic E-state index is 0.108. The van der Waals surface area contributed by atoms with E-state index in [4.69, 9.17) is 28.1 Å². The Morgan fingerprint density at radius 2 is 1.57 bits per heavy atom. The number of rotatable bonds is 10. The van der Waals surface area contributed by atoms with Crippen LogP contribution in [0.15, 0.2) is 22.0 Å². The van der Waals surface area contributed by atoms with E-state index in [9.17, 15) is 0 Å². The normalized spacial score (nSPS) is 38.5. The van der Waals surface area contributed by atoms with Crippen molar-refractivity contribution >= 4 is 36.4 Å². The van der Waals surface area contributed by atoms with Crippen LogP contribution in [0.4, 0.5) is 0 Å². The molecule has 0 aliphatic heterocycles. The molecule has 0 radical (unpaired) electrons. The number of fused-ring (bicyclic) bond motifs is 5. The second-order valence-electron chi connectivity index (χ2n) is 16.8. The fraction of sp³-hybridized carbons (Fsp3) is 0.875. The zero-order valence-electron chi connectivity index (χ0n) is 29.0. The number of nitrogens with zero attached hydrogens (tertiary/aromatic N) is 2. The van der Waals surface area contributed by atoms with Crippen molar-refractivity contribution in [3.63, 3.8) is 0 Å². The minimum Gasteiger partial charge on any atom is -0.414 e. The van der Waals surface area contributed by atoms with Crippen LogP contribution < -0.4 is 0 Å². The Labute approximate surface area is 259 Å². The lowest BCUT2D eigenvalue weighted by Crippen LogP contribution is -2.65. The molecule has 0 N–H and O–H groups in total. The average Bonchev–Trinajstić information content (AvgIpc) is 3.11. The summed E-state index contributed by atoms with van der Waals surface area (Å²) in [5, 5.41) is 9.10. The molecule has 42 heavy (non-hydrogen) atoms. The summed E-state index contributed by atoms with van der Waals surface area (Å²) in [5.74, 6) is 1.58. The molecule has 0 heterocycles. The molecule has 3 saturated carbocycles. The van der Waals surface area contributed by atoms with Gasteiger partial charge in [-0.3, -0.25) is 0 Å². The van der Waals surface area contributed by atoms with E-state index in [1.807, 2.05) is 0 Å². The van der Waals surface area contributed by atoms with Gasteiger partial charge in [-0.2, -0.15) is 0 Å². The van der Waals surface area contributed by atoms with E-state index in [-0.39, 0.29) is 16.9 Å². The van der Waals surface area contributed by atoms with Crippen LogP contribution in [0.3, 0.4) is 0 Å². The van der Waals surface area contributed by atoms with Crippen LogP contribution in [0.2, 0.25) is 58.9 Å². The van der Waals surface area contributed by atoms with Gasteiger partial charge in [-0.05, 0) is 133 Å². The molecule has 10 heteroatoms. The topological polar surface area (TPSA) is 70.9 Å². The minimum atomic E-state index is -2.00. The number of oxime groups is 2. The van der Waals surface area contributed by atoms with Crippen LogP contribution >= 0.6 is 0 Å². The Bertz CT molecular complexity index is 1090. The highest BCUT2D eigenvalue weighted by Gasteiger charge is 2.69. The zero-order valence-corrected chi connectivity index (χ0v) is 32.0. The first kappa shape index (κ1) is 34.1. The van der Waals surface area contributed by atoms with Crippen LogP contribution in [0, 0.1) is 28.6 Å². The fourth-order valence-corrected chi connectivity index (χ4v) is 12.4. The third-order valence-electron chi connectivity index (χ3n) is 10.5. The molecule has 0 bridgehead atoms. The Morgan fingerprint density at radius 3 is 2.14 bits per heavy atom. The monoisotopic (exact) mass is 636 g/mol. The molecular formula is C32H60N2O5Si3. The molecule has 0 spiro atoms. The molecule has 3 fully saturated rings. The molecule has 4 aliphatic carbocycles. The predicted octanol–water partition coefficient (Wildman–Crippen LogP) is 8.23. The summed E-state index contributed by atoms with van der Waals surface area (Å²) in [6.45, 7) is 26.2. The van der Waals surface area contributed by atoms with Crippen molar-refractivity contribution in [2.45, 2.75) is 129 Å². The summed E-state index contributed by atoms with van der Waals surface area (Å²) >= 11 is 0. The highest BCUT2D eigenvalue weighted by Crippen LogP contribution is 2.69. The summed E-state index contributed by atoms with van der Waals surface area (Å²) in [4.78, 5) is 10.8. The molecule has 7 atom stereocenters. The zero-order chi connectivity index (χ0) is 31.4. The third-order valence-corrected chi connectivity index (χ3v) is 13.5. The van der Waals surface area contributed by atoms with Crippen molar-refractivity contribution in [3.8, 4) is 0 Å². The Morgan fingerprint density at radius 1 is 0.881 bits per heavy atom. The largest absolute Gasteiger partial charge is 0.414 e. The number of hydrogen-bond acceptors (Lipinski definition) is 7. The summed E-state index contributed by atoms with van der Waals surface area (Å²) in [5.41, 5.74) is 3.03. The maximum absolute atomic E-state index is 7.45. The van der Waals surface area contributed by atoms with Gasteiger partial charge in [0.1, 0.15) is 25.5 Å². The van der Waals surface area contributed by atoms with Gasteiger partial charge in [-0.1, -0.05) is 29.7 Å². The van der Waals surface area contributed by atoms with Crippen LogP contribution in [0.1, 0.15) is 58.8 Å². The van der Waals surface area contributed by atoms with Gasteiger partial charge in [-0.25, -0.2) is 0 Å². The summed E-state index contributed by atoms with van der Waals surface area (Å²) in [7, 11) is -2.34. The average molecular weight is 637 g/mol. The quantitative estimate of drug-likeness (QED) is 0.137.